The van der Waals surface area contributed by atoms with Crippen molar-refractivity contribution in [1.29, 1.82) is 0 Å². The van der Waals surface area contributed by atoms with E-state index in [4.69, 9.17) is 16.2 Å². The van der Waals surface area contributed by atoms with Crippen molar-refractivity contribution in [3.05, 3.63) is 5.56 Å². The fourth-order valence-electron chi connectivity index (χ4n) is 2.22. The zero-order chi connectivity index (χ0) is 12.3. The molecule has 2 rings (SSSR count). The summed E-state index contributed by atoms with van der Waals surface area (Å²) in [6.07, 6.45) is 6.45. The molecule has 1 heterocycles. The van der Waals surface area contributed by atoms with Crippen LogP contribution in [0, 0.1) is 12.8 Å². The van der Waals surface area contributed by atoms with Crippen molar-refractivity contribution >= 4 is 11.8 Å². The first-order valence-corrected chi connectivity index (χ1v) is 6.19. The van der Waals surface area contributed by atoms with Crippen LogP contribution < -0.4 is 16.2 Å². The van der Waals surface area contributed by atoms with E-state index in [-0.39, 0.29) is 5.95 Å². The molecule has 0 radical (unpaired) electrons. The highest BCUT2D eigenvalue weighted by Crippen LogP contribution is 2.26. The number of nitrogen functional groups attached to an aromatic ring is 2. The molecule has 1 aromatic heterocycles. The van der Waals surface area contributed by atoms with Gasteiger partial charge in [-0.3, -0.25) is 0 Å². The number of nitrogens with two attached hydrogens (primary N) is 2. The number of nitrogens with zero attached hydrogens (tertiary/aromatic N) is 2. The zero-order valence-electron chi connectivity index (χ0n) is 10.3. The van der Waals surface area contributed by atoms with Gasteiger partial charge in [0.15, 0.2) is 0 Å². The predicted octanol–water partition coefficient (Wildman–Crippen LogP) is 1.91. The second-order valence-electron chi connectivity index (χ2n) is 4.71. The third-order valence-electron chi connectivity index (χ3n) is 3.34. The maximum absolute atomic E-state index is 5.73. The molecule has 0 saturated heterocycles. The Balaban J connectivity index is 1.98. The van der Waals surface area contributed by atoms with Crippen molar-refractivity contribution in [3.8, 4) is 5.88 Å². The second-order valence-corrected chi connectivity index (χ2v) is 4.71. The third kappa shape index (κ3) is 2.99. The van der Waals surface area contributed by atoms with E-state index in [0.29, 0.717) is 24.2 Å². The Kier molecular flexibility index (Phi) is 3.66. The lowest BCUT2D eigenvalue weighted by Gasteiger charge is -2.21. The summed E-state index contributed by atoms with van der Waals surface area (Å²) >= 11 is 0. The Morgan fingerprint density at radius 1 is 1.18 bits per heavy atom. The van der Waals surface area contributed by atoms with Crippen LogP contribution in [0.1, 0.15) is 37.7 Å². The van der Waals surface area contributed by atoms with Gasteiger partial charge in [-0.15, -0.1) is 0 Å². The highest BCUT2D eigenvalue weighted by molar-refractivity contribution is 5.47. The summed E-state index contributed by atoms with van der Waals surface area (Å²) in [6, 6.07) is 0. The van der Waals surface area contributed by atoms with Gasteiger partial charge in [0.05, 0.1) is 12.2 Å². The molecule has 94 valence electrons. The van der Waals surface area contributed by atoms with E-state index < -0.39 is 0 Å². The van der Waals surface area contributed by atoms with Crippen molar-refractivity contribution in [2.45, 2.75) is 39.0 Å². The first-order valence-electron chi connectivity index (χ1n) is 6.19. The van der Waals surface area contributed by atoms with E-state index in [1.54, 1.807) is 0 Å². The number of ether oxygens (including phenoxy) is 1. The van der Waals surface area contributed by atoms with Gasteiger partial charge >= 0.3 is 0 Å². The molecule has 0 bridgehead atoms. The van der Waals surface area contributed by atoms with Gasteiger partial charge in [0.2, 0.25) is 11.8 Å². The van der Waals surface area contributed by atoms with Gasteiger partial charge in [0, 0.05) is 0 Å². The zero-order valence-corrected chi connectivity index (χ0v) is 10.3. The van der Waals surface area contributed by atoms with Crippen LogP contribution in [0.2, 0.25) is 0 Å². The molecule has 5 heteroatoms. The lowest BCUT2D eigenvalue weighted by molar-refractivity contribution is 0.202. The van der Waals surface area contributed by atoms with Crippen LogP contribution in [0.4, 0.5) is 11.8 Å². The highest BCUT2D eigenvalue weighted by atomic mass is 16.5. The molecule has 4 N–H and O–H groups in total. The van der Waals surface area contributed by atoms with Crippen molar-refractivity contribution < 1.29 is 4.74 Å². The minimum atomic E-state index is 0.173. The Bertz CT molecular complexity index is 388. The van der Waals surface area contributed by atoms with Crippen LogP contribution in [-0.2, 0) is 0 Å². The second kappa shape index (κ2) is 5.21. The summed E-state index contributed by atoms with van der Waals surface area (Å²) in [5, 5.41) is 0. The van der Waals surface area contributed by atoms with Crippen LogP contribution in [0.5, 0.6) is 5.88 Å². The molecule has 1 fully saturated rings. The maximum Gasteiger partial charge on any atom is 0.225 e. The summed E-state index contributed by atoms with van der Waals surface area (Å²) in [5.74, 6) is 1.74. The van der Waals surface area contributed by atoms with E-state index in [1.165, 1.54) is 32.1 Å². The molecule has 0 atom stereocenters. The van der Waals surface area contributed by atoms with Crippen LogP contribution in [0.3, 0.4) is 0 Å². The highest BCUT2D eigenvalue weighted by Gasteiger charge is 2.15. The monoisotopic (exact) mass is 236 g/mol. The van der Waals surface area contributed by atoms with Gasteiger partial charge in [-0.05, 0) is 25.7 Å². The molecule has 0 aliphatic heterocycles. The Hall–Kier alpha value is -1.52. The van der Waals surface area contributed by atoms with E-state index in [1.807, 2.05) is 6.92 Å². The molecule has 1 saturated carbocycles. The molecule has 0 aromatic carbocycles. The third-order valence-corrected chi connectivity index (χ3v) is 3.34. The molecule has 1 aliphatic carbocycles. The van der Waals surface area contributed by atoms with Crippen LogP contribution >= 0.6 is 0 Å². The van der Waals surface area contributed by atoms with E-state index in [2.05, 4.69) is 9.97 Å². The van der Waals surface area contributed by atoms with Crippen molar-refractivity contribution in [2.24, 2.45) is 5.92 Å². The van der Waals surface area contributed by atoms with Crippen LogP contribution in [0.15, 0.2) is 0 Å². The van der Waals surface area contributed by atoms with Crippen LogP contribution in [-0.4, -0.2) is 16.6 Å². The molecule has 17 heavy (non-hydrogen) atoms. The predicted molar refractivity (Wildman–Crippen MR) is 67.7 cm³/mol. The van der Waals surface area contributed by atoms with Crippen molar-refractivity contribution in [1.82, 2.24) is 9.97 Å². The quantitative estimate of drug-likeness (QED) is 0.837. The minimum absolute atomic E-state index is 0.173. The SMILES string of the molecule is Cc1c(N)nc(N)nc1OCC1CCCCC1. The normalized spacial score (nSPS) is 17.0. The standard InChI is InChI=1S/C12H20N4O/c1-8-10(13)15-12(14)16-11(8)17-7-9-5-3-2-4-6-9/h9H,2-7H2,1H3,(H4,13,14,15,16). The summed E-state index contributed by atoms with van der Waals surface area (Å²) in [4.78, 5) is 7.98. The van der Waals surface area contributed by atoms with Gasteiger partial charge in [0.1, 0.15) is 5.82 Å². The van der Waals surface area contributed by atoms with Gasteiger partial charge in [-0.25, -0.2) is 0 Å². The number of hydrogen-bond acceptors (Lipinski definition) is 5. The lowest BCUT2D eigenvalue weighted by Crippen LogP contribution is -2.17. The van der Waals surface area contributed by atoms with E-state index >= 15 is 0 Å². The molecule has 0 spiro atoms. The smallest absolute Gasteiger partial charge is 0.225 e. The number of aromatic nitrogens is 2. The van der Waals surface area contributed by atoms with Crippen molar-refractivity contribution in [3.63, 3.8) is 0 Å². The Morgan fingerprint density at radius 3 is 2.59 bits per heavy atom. The lowest BCUT2D eigenvalue weighted by atomic mass is 9.90. The first kappa shape index (κ1) is 12.0. The van der Waals surface area contributed by atoms with Gasteiger partial charge < -0.3 is 16.2 Å². The van der Waals surface area contributed by atoms with Crippen molar-refractivity contribution in [2.75, 3.05) is 18.1 Å². The Labute approximate surface area is 102 Å². The van der Waals surface area contributed by atoms with E-state index in [9.17, 15) is 0 Å². The van der Waals surface area contributed by atoms with Gasteiger partial charge in [0.25, 0.3) is 0 Å². The summed E-state index contributed by atoms with van der Waals surface area (Å²) in [5.41, 5.74) is 12.0. The number of rotatable bonds is 3. The van der Waals surface area contributed by atoms with Crippen LogP contribution in [0.25, 0.3) is 0 Å². The molecule has 0 amide bonds. The topological polar surface area (TPSA) is 87.0 Å². The Morgan fingerprint density at radius 2 is 1.88 bits per heavy atom. The summed E-state index contributed by atoms with van der Waals surface area (Å²) < 4.78 is 5.73. The molecule has 1 aromatic rings. The largest absolute Gasteiger partial charge is 0.477 e. The van der Waals surface area contributed by atoms with Gasteiger partial charge in [-0.1, -0.05) is 19.3 Å². The molecular weight excluding hydrogens is 216 g/mol. The van der Waals surface area contributed by atoms with Gasteiger partial charge in [-0.2, -0.15) is 9.97 Å². The maximum atomic E-state index is 5.73. The molecule has 1 aliphatic rings. The average molecular weight is 236 g/mol. The molecule has 0 unspecified atom stereocenters. The van der Waals surface area contributed by atoms with E-state index in [0.717, 1.165) is 5.56 Å². The first-order chi connectivity index (χ1) is 8.16. The number of anilines is 2. The fraction of sp³-hybridized carbons (Fsp3) is 0.667. The molecular formula is C12H20N4O. The number of hydrogen-bond donors (Lipinski definition) is 2. The minimum Gasteiger partial charge on any atom is -0.477 e. The average Bonchev–Trinajstić information content (AvgIpc) is 2.33. The fourth-order valence-corrected chi connectivity index (χ4v) is 2.22. The summed E-state index contributed by atoms with van der Waals surface area (Å²) in [7, 11) is 0. The summed E-state index contributed by atoms with van der Waals surface area (Å²) in [6.45, 7) is 2.56. The molecule has 5 nitrogen and oxygen atoms in total.